The number of hydrogen-bond donors (Lipinski definition) is 0. The van der Waals surface area contributed by atoms with Gasteiger partial charge in [-0.3, -0.25) is 15.0 Å². The van der Waals surface area contributed by atoms with Crippen molar-refractivity contribution in [3.63, 3.8) is 0 Å². The molecule has 0 bridgehead atoms. The monoisotopic (exact) mass is 627 g/mol. The summed E-state index contributed by atoms with van der Waals surface area (Å²) in [6.45, 7) is 0. The summed E-state index contributed by atoms with van der Waals surface area (Å²) in [7, 11) is 0. The van der Waals surface area contributed by atoms with Gasteiger partial charge in [0.25, 0.3) is 0 Å². The highest BCUT2D eigenvalue weighted by Gasteiger charge is 2.14. The summed E-state index contributed by atoms with van der Waals surface area (Å²) in [4.78, 5) is 13.3. The largest absolute Gasteiger partial charge is 0.264 e. The molecule has 0 fully saturated rings. The van der Waals surface area contributed by atoms with Gasteiger partial charge in [0.05, 0.1) is 0 Å². The molecule has 0 saturated carbocycles. The van der Waals surface area contributed by atoms with Crippen LogP contribution in [0.4, 0.5) is 0 Å². The molecule has 210 valence electrons. The normalized spacial score (nSPS) is 12.0. The molecule has 6 heterocycles. The van der Waals surface area contributed by atoms with Crippen LogP contribution in [0.25, 0.3) is 93.9 Å². The van der Waals surface area contributed by atoms with Gasteiger partial charge < -0.3 is 0 Å². The van der Waals surface area contributed by atoms with Crippen LogP contribution in [0.5, 0.6) is 0 Å². The highest BCUT2D eigenvalue weighted by atomic mass is 32.1. The molecule has 6 heteroatoms. The lowest BCUT2D eigenvalue weighted by Crippen LogP contribution is -1.87. The fourth-order valence-corrected chi connectivity index (χ4v) is 9.69. The Morgan fingerprint density at radius 3 is 0.933 bits per heavy atom. The Bertz CT molecular complexity index is 2470. The zero-order chi connectivity index (χ0) is 29.5. The van der Waals surface area contributed by atoms with Gasteiger partial charge in [0.1, 0.15) is 0 Å². The van der Waals surface area contributed by atoms with E-state index in [2.05, 4.69) is 106 Å². The van der Waals surface area contributed by atoms with Gasteiger partial charge in [-0.2, -0.15) is 0 Å². The summed E-state index contributed by atoms with van der Waals surface area (Å²) in [5.41, 5.74) is 7.19. The zero-order valence-electron chi connectivity index (χ0n) is 23.7. The van der Waals surface area contributed by atoms with Crippen molar-refractivity contribution in [2.45, 2.75) is 0 Å². The number of nitrogens with zero attached hydrogens (tertiary/aromatic N) is 3. The van der Waals surface area contributed by atoms with Gasteiger partial charge in [-0.25, -0.2) is 0 Å². The number of thiophene rings is 3. The molecule has 4 aromatic carbocycles. The van der Waals surface area contributed by atoms with Gasteiger partial charge in [0.2, 0.25) is 0 Å². The van der Waals surface area contributed by atoms with Crippen LogP contribution in [0.1, 0.15) is 0 Å². The number of benzene rings is 4. The average Bonchev–Trinajstić information content (AvgIpc) is 3.78. The first-order valence-electron chi connectivity index (χ1n) is 14.7. The van der Waals surface area contributed by atoms with E-state index in [0.29, 0.717) is 0 Å². The molecule has 0 spiro atoms. The van der Waals surface area contributed by atoms with Gasteiger partial charge in [0.15, 0.2) is 0 Å². The molecule has 0 aliphatic heterocycles. The molecule has 10 rings (SSSR count). The molecule has 0 atom stereocenters. The maximum atomic E-state index is 4.43. The molecule has 0 amide bonds. The van der Waals surface area contributed by atoms with E-state index >= 15 is 0 Å². The van der Waals surface area contributed by atoms with E-state index in [1.165, 1.54) is 93.9 Å². The van der Waals surface area contributed by atoms with E-state index in [4.69, 9.17) is 0 Å². The molecule has 0 unspecified atom stereocenters. The van der Waals surface area contributed by atoms with Crippen molar-refractivity contribution in [3.05, 3.63) is 128 Å². The quantitative estimate of drug-likeness (QED) is 0.196. The summed E-state index contributed by atoms with van der Waals surface area (Å²) < 4.78 is 7.65. The second-order valence-electron chi connectivity index (χ2n) is 11.4. The third kappa shape index (κ3) is 4.03. The molecule has 0 radical (unpaired) electrons. The second kappa shape index (κ2) is 9.74. The van der Waals surface area contributed by atoms with Crippen LogP contribution in [-0.4, -0.2) is 15.0 Å². The Morgan fingerprint density at radius 2 is 0.600 bits per heavy atom. The van der Waals surface area contributed by atoms with Crippen molar-refractivity contribution in [1.82, 2.24) is 15.0 Å². The van der Waals surface area contributed by atoms with Crippen molar-refractivity contribution in [3.8, 4) is 33.4 Å². The van der Waals surface area contributed by atoms with Gasteiger partial charge in [0, 0.05) is 97.7 Å². The number of pyridine rings is 3. The van der Waals surface area contributed by atoms with Crippen LogP contribution >= 0.6 is 34.0 Å². The Balaban J connectivity index is 1.21. The molecule has 6 aromatic heterocycles. The van der Waals surface area contributed by atoms with E-state index < -0.39 is 0 Å². The van der Waals surface area contributed by atoms with Gasteiger partial charge >= 0.3 is 0 Å². The van der Waals surface area contributed by atoms with E-state index in [1.54, 1.807) is 0 Å². The standard InChI is InChI=1S/C39H21N3S3/c1-4-34-28(31-19-40-10-7-37(31)43-34)16-22(1)25-13-26(23-2-5-35-29(17-23)32-20-41-11-8-38(32)44-35)15-27(14-25)24-3-6-36-30(18-24)33-21-42-12-9-39(33)45-36/h1-21H. The third-order valence-corrected chi connectivity index (χ3v) is 12.2. The molecule has 45 heavy (non-hydrogen) atoms. The van der Waals surface area contributed by atoms with Crippen LogP contribution in [0.15, 0.2) is 128 Å². The molecular formula is C39H21N3S3. The minimum absolute atomic E-state index is 1.20. The van der Waals surface area contributed by atoms with Crippen LogP contribution < -0.4 is 0 Å². The Morgan fingerprint density at radius 1 is 0.289 bits per heavy atom. The number of fused-ring (bicyclic) bond motifs is 9. The lowest BCUT2D eigenvalue weighted by atomic mass is 9.92. The predicted octanol–water partition coefficient (Wildman–Crippen LogP) is 12.0. The maximum Gasteiger partial charge on any atom is 0.0386 e. The highest BCUT2D eigenvalue weighted by Crippen LogP contribution is 2.42. The zero-order valence-corrected chi connectivity index (χ0v) is 26.1. The first-order chi connectivity index (χ1) is 22.2. The van der Waals surface area contributed by atoms with Gasteiger partial charge in [-0.1, -0.05) is 18.2 Å². The van der Waals surface area contributed by atoms with E-state index in [-0.39, 0.29) is 0 Å². The highest BCUT2D eigenvalue weighted by molar-refractivity contribution is 7.26. The first kappa shape index (κ1) is 25.3. The van der Waals surface area contributed by atoms with Crippen LogP contribution in [0, 0.1) is 0 Å². The molecule has 0 aliphatic carbocycles. The minimum atomic E-state index is 1.20. The smallest absolute Gasteiger partial charge is 0.0386 e. The Kier molecular flexibility index (Phi) is 5.49. The average molecular weight is 628 g/mol. The van der Waals surface area contributed by atoms with Crippen LogP contribution in [-0.2, 0) is 0 Å². The summed E-state index contributed by atoms with van der Waals surface area (Å²) >= 11 is 5.47. The fourth-order valence-electron chi connectivity index (χ4n) is 6.53. The predicted molar refractivity (Wildman–Crippen MR) is 195 cm³/mol. The van der Waals surface area contributed by atoms with Gasteiger partial charge in [-0.05, 0) is 106 Å². The molecule has 3 nitrogen and oxygen atoms in total. The Labute approximate surface area is 269 Å². The number of rotatable bonds is 3. The topological polar surface area (TPSA) is 38.7 Å². The summed E-state index contributed by atoms with van der Waals surface area (Å²) in [5, 5.41) is 7.40. The summed E-state index contributed by atoms with van der Waals surface area (Å²) in [6, 6.07) is 33.9. The first-order valence-corrected chi connectivity index (χ1v) is 17.2. The fraction of sp³-hybridized carbons (Fsp3) is 0. The Hall–Kier alpha value is -5.01. The molecule has 0 N–H and O–H groups in total. The number of aromatic nitrogens is 3. The van der Waals surface area contributed by atoms with Crippen LogP contribution in [0.2, 0.25) is 0 Å². The second-order valence-corrected chi connectivity index (χ2v) is 14.6. The minimum Gasteiger partial charge on any atom is -0.264 e. The van der Waals surface area contributed by atoms with E-state index in [1.807, 2.05) is 71.2 Å². The number of hydrogen-bond acceptors (Lipinski definition) is 6. The van der Waals surface area contributed by atoms with Crippen molar-refractivity contribution in [2.24, 2.45) is 0 Å². The summed E-state index contributed by atoms with van der Waals surface area (Å²) in [5.74, 6) is 0. The lowest BCUT2D eigenvalue weighted by Gasteiger charge is -2.12. The SMILES string of the molecule is c1cc2sc3ccc(-c4cc(-c5ccc6sc7ccncc7c6c5)cc(-c5ccc6sc7ccncc7c6c5)c4)cc3c2cn1. The molecule has 0 aliphatic rings. The molecule has 10 aromatic rings. The molecular weight excluding hydrogens is 607 g/mol. The summed E-state index contributed by atoms with van der Waals surface area (Å²) in [6.07, 6.45) is 11.6. The van der Waals surface area contributed by atoms with Crippen molar-refractivity contribution >= 4 is 94.5 Å². The molecule has 0 saturated heterocycles. The maximum absolute atomic E-state index is 4.43. The third-order valence-electron chi connectivity index (χ3n) is 8.75. The van der Waals surface area contributed by atoms with Crippen LogP contribution in [0.3, 0.4) is 0 Å². The van der Waals surface area contributed by atoms with Crippen molar-refractivity contribution < 1.29 is 0 Å². The van der Waals surface area contributed by atoms with Gasteiger partial charge in [-0.15, -0.1) is 34.0 Å². The van der Waals surface area contributed by atoms with E-state index in [9.17, 15) is 0 Å². The lowest BCUT2D eigenvalue weighted by molar-refractivity contribution is 1.37. The van der Waals surface area contributed by atoms with Crippen molar-refractivity contribution in [2.75, 3.05) is 0 Å². The van der Waals surface area contributed by atoms with E-state index in [0.717, 1.165) is 0 Å². The van der Waals surface area contributed by atoms with Crippen molar-refractivity contribution in [1.29, 1.82) is 0 Å².